The number of halogens is 2. The van der Waals surface area contributed by atoms with Gasteiger partial charge in [-0.05, 0) is 20.3 Å². The highest BCUT2D eigenvalue weighted by Gasteiger charge is 2.58. The molecule has 1 aliphatic carbocycles. The Kier molecular flexibility index (Phi) is 2.13. The van der Waals surface area contributed by atoms with Gasteiger partial charge in [-0.2, -0.15) is 0 Å². The SMILES string of the molecule is CC1(C)C(N)CCN1CC1CC1(F)F. The van der Waals surface area contributed by atoms with Crippen molar-refractivity contribution in [3.8, 4) is 0 Å². The first-order valence-electron chi connectivity index (χ1n) is 5.22. The molecule has 1 saturated heterocycles. The molecule has 0 radical (unpaired) electrons. The minimum atomic E-state index is -2.40. The van der Waals surface area contributed by atoms with Crippen molar-refractivity contribution in [3.05, 3.63) is 0 Å². The lowest BCUT2D eigenvalue weighted by Crippen LogP contribution is -2.49. The zero-order chi connectivity index (χ0) is 10.6. The van der Waals surface area contributed by atoms with Crippen LogP contribution in [-0.4, -0.2) is 35.5 Å². The molecule has 14 heavy (non-hydrogen) atoms. The number of hydrogen-bond donors (Lipinski definition) is 1. The molecular formula is C10H18F2N2. The lowest BCUT2D eigenvalue weighted by molar-refractivity contribution is 0.0744. The fourth-order valence-electron chi connectivity index (χ4n) is 2.23. The van der Waals surface area contributed by atoms with Gasteiger partial charge in [-0.3, -0.25) is 4.90 Å². The van der Waals surface area contributed by atoms with Gasteiger partial charge < -0.3 is 5.73 Å². The summed E-state index contributed by atoms with van der Waals surface area (Å²) in [6.07, 6.45) is 0.986. The Balaban J connectivity index is 1.94. The van der Waals surface area contributed by atoms with Gasteiger partial charge in [0.1, 0.15) is 0 Å². The third-order valence-electron chi connectivity index (χ3n) is 3.83. The van der Waals surface area contributed by atoms with Crippen molar-refractivity contribution in [2.45, 2.75) is 44.2 Å². The van der Waals surface area contributed by atoms with Crippen molar-refractivity contribution in [3.63, 3.8) is 0 Å². The van der Waals surface area contributed by atoms with E-state index in [9.17, 15) is 8.78 Å². The molecule has 0 aromatic carbocycles. The average Bonchev–Trinajstić information content (AvgIpc) is 2.57. The summed E-state index contributed by atoms with van der Waals surface area (Å²) < 4.78 is 25.5. The first-order chi connectivity index (χ1) is 6.34. The van der Waals surface area contributed by atoms with Crippen LogP contribution in [0.25, 0.3) is 0 Å². The molecule has 1 aliphatic heterocycles. The highest BCUT2D eigenvalue weighted by Crippen LogP contribution is 2.50. The molecule has 2 N–H and O–H groups in total. The predicted molar refractivity (Wildman–Crippen MR) is 51.3 cm³/mol. The van der Waals surface area contributed by atoms with Crippen LogP contribution in [0, 0.1) is 5.92 Å². The average molecular weight is 204 g/mol. The lowest BCUT2D eigenvalue weighted by atomic mass is 9.96. The third kappa shape index (κ3) is 1.54. The number of rotatable bonds is 2. The van der Waals surface area contributed by atoms with E-state index in [1.807, 2.05) is 13.8 Å². The van der Waals surface area contributed by atoms with Gasteiger partial charge in [0.05, 0.1) is 0 Å². The quantitative estimate of drug-likeness (QED) is 0.737. The van der Waals surface area contributed by atoms with Crippen LogP contribution in [0.1, 0.15) is 26.7 Å². The Bertz CT molecular complexity index is 240. The summed E-state index contributed by atoms with van der Waals surface area (Å²) in [6.45, 7) is 5.46. The van der Waals surface area contributed by atoms with E-state index in [4.69, 9.17) is 5.73 Å². The summed E-state index contributed by atoms with van der Waals surface area (Å²) in [6, 6.07) is 0.120. The van der Waals surface area contributed by atoms with E-state index >= 15 is 0 Å². The van der Waals surface area contributed by atoms with E-state index in [0.29, 0.717) is 6.54 Å². The molecular weight excluding hydrogens is 186 g/mol. The van der Waals surface area contributed by atoms with Crippen LogP contribution >= 0.6 is 0 Å². The molecule has 2 aliphatic rings. The number of alkyl halides is 2. The minimum Gasteiger partial charge on any atom is -0.326 e. The molecule has 82 valence electrons. The van der Waals surface area contributed by atoms with Gasteiger partial charge >= 0.3 is 0 Å². The monoisotopic (exact) mass is 204 g/mol. The second kappa shape index (κ2) is 2.89. The second-order valence-electron chi connectivity index (χ2n) is 5.16. The molecule has 0 amide bonds. The van der Waals surface area contributed by atoms with E-state index in [-0.39, 0.29) is 18.0 Å². The zero-order valence-corrected chi connectivity index (χ0v) is 8.76. The van der Waals surface area contributed by atoms with Crippen LogP contribution in [0.15, 0.2) is 0 Å². The second-order valence-corrected chi connectivity index (χ2v) is 5.16. The molecule has 0 bridgehead atoms. The highest BCUT2D eigenvalue weighted by molar-refractivity contribution is 5.03. The highest BCUT2D eigenvalue weighted by atomic mass is 19.3. The summed E-state index contributed by atoms with van der Waals surface area (Å²) >= 11 is 0. The predicted octanol–water partition coefficient (Wildman–Crippen LogP) is 1.45. The summed E-state index contributed by atoms with van der Waals surface area (Å²) in [5, 5.41) is 0. The number of likely N-dealkylation sites (tertiary alicyclic amines) is 1. The fourth-order valence-corrected chi connectivity index (χ4v) is 2.23. The largest absolute Gasteiger partial charge is 0.326 e. The fraction of sp³-hybridized carbons (Fsp3) is 1.00. The molecule has 2 rings (SSSR count). The van der Waals surface area contributed by atoms with E-state index in [1.165, 1.54) is 0 Å². The van der Waals surface area contributed by atoms with Gasteiger partial charge in [0, 0.05) is 37.0 Å². The van der Waals surface area contributed by atoms with Gasteiger partial charge in [0.2, 0.25) is 0 Å². The molecule has 2 nitrogen and oxygen atoms in total. The molecule has 1 saturated carbocycles. The Morgan fingerprint density at radius 2 is 2.00 bits per heavy atom. The van der Waals surface area contributed by atoms with Crippen molar-refractivity contribution in [1.29, 1.82) is 0 Å². The molecule has 0 aromatic rings. The van der Waals surface area contributed by atoms with Crippen LogP contribution < -0.4 is 5.73 Å². The molecule has 0 spiro atoms. The van der Waals surface area contributed by atoms with Crippen LogP contribution in [0.4, 0.5) is 8.78 Å². The number of nitrogens with two attached hydrogens (primary N) is 1. The first kappa shape index (κ1) is 10.3. The van der Waals surface area contributed by atoms with E-state index in [1.54, 1.807) is 0 Å². The summed E-state index contributed by atoms with van der Waals surface area (Å²) in [4.78, 5) is 2.11. The zero-order valence-electron chi connectivity index (χ0n) is 8.76. The summed E-state index contributed by atoms with van der Waals surface area (Å²) in [7, 11) is 0. The molecule has 4 heteroatoms. The minimum absolute atomic E-state index is 0.0643. The van der Waals surface area contributed by atoms with Crippen molar-refractivity contribution in [1.82, 2.24) is 4.90 Å². The molecule has 2 atom stereocenters. The maximum Gasteiger partial charge on any atom is 0.252 e. The number of hydrogen-bond acceptors (Lipinski definition) is 2. The van der Waals surface area contributed by atoms with Crippen LogP contribution in [-0.2, 0) is 0 Å². The lowest BCUT2D eigenvalue weighted by Gasteiger charge is -2.34. The molecule has 2 unspecified atom stereocenters. The van der Waals surface area contributed by atoms with Crippen LogP contribution in [0.5, 0.6) is 0 Å². The van der Waals surface area contributed by atoms with E-state index in [2.05, 4.69) is 4.90 Å². The maximum atomic E-state index is 12.7. The van der Waals surface area contributed by atoms with Gasteiger partial charge in [-0.25, -0.2) is 8.78 Å². The van der Waals surface area contributed by atoms with Crippen LogP contribution in [0.3, 0.4) is 0 Å². The molecule has 0 aromatic heterocycles. The van der Waals surface area contributed by atoms with Gasteiger partial charge in [0.25, 0.3) is 5.92 Å². The summed E-state index contributed by atoms with van der Waals surface area (Å²) in [5.74, 6) is -2.82. The normalized spacial score (nSPS) is 40.1. The van der Waals surface area contributed by atoms with Crippen molar-refractivity contribution in [2.75, 3.05) is 13.1 Å². The Hall–Kier alpha value is -0.220. The van der Waals surface area contributed by atoms with Crippen molar-refractivity contribution in [2.24, 2.45) is 11.7 Å². The maximum absolute atomic E-state index is 12.7. The smallest absolute Gasteiger partial charge is 0.252 e. The van der Waals surface area contributed by atoms with Crippen LogP contribution in [0.2, 0.25) is 0 Å². The first-order valence-corrected chi connectivity index (χ1v) is 5.22. The van der Waals surface area contributed by atoms with Gasteiger partial charge in [-0.15, -0.1) is 0 Å². The van der Waals surface area contributed by atoms with Gasteiger partial charge in [0.15, 0.2) is 0 Å². The Labute approximate surface area is 83.4 Å². The summed E-state index contributed by atoms with van der Waals surface area (Å²) in [5.41, 5.74) is 5.83. The van der Waals surface area contributed by atoms with Crippen molar-refractivity contribution < 1.29 is 8.78 Å². The van der Waals surface area contributed by atoms with Crippen molar-refractivity contribution >= 4 is 0 Å². The van der Waals surface area contributed by atoms with Gasteiger partial charge in [-0.1, -0.05) is 0 Å². The third-order valence-corrected chi connectivity index (χ3v) is 3.83. The van der Waals surface area contributed by atoms with E-state index < -0.39 is 11.8 Å². The standard InChI is InChI=1S/C10H18F2N2/c1-9(2)8(13)3-4-14(9)6-7-5-10(7,11)12/h7-8H,3-6,13H2,1-2H3. The molecule has 1 heterocycles. The molecule has 2 fully saturated rings. The Morgan fingerprint density at radius 1 is 1.43 bits per heavy atom. The number of nitrogens with zero attached hydrogens (tertiary/aromatic N) is 1. The Morgan fingerprint density at radius 3 is 2.36 bits per heavy atom. The topological polar surface area (TPSA) is 29.3 Å². The van der Waals surface area contributed by atoms with E-state index in [0.717, 1.165) is 13.0 Å².